The van der Waals surface area contributed by atoms with E-state index in [0.29, 0.717) is 6.04 Å². The molecular weight excluding hydrogens is 232 g/mol. The number of hydrogen-bond acceptors (Lipinski definition) is 3. The smallest absolute Gasteiger partial charge is 0.224 e. The van der Waals surface area contributed by atoms with Gasteiger partial charge in [-0.2, -0.15) is 11.8 Å². The lowest BCUT2D eigenvalue weighted by atomic mass is 10.0. The molecule has 0 radical (unpaired) electrons. The first-order valence-corrected chi connectivity index (χ1v) is 8.15. The molecule has 1 saturated heterocycles. The first-order chi connectivity index (χ1) is 8.25. The molecule has 0 aromatic rings. The second-order valence-electron chi connectivity index (χ2n) is 4.84. The van der Waals surface area contributed by atoms with Crippen molar-refractivity contribution in [2.45, 2.75) is 45.1 Å². The van der Waals surface area contributed by atoms with Crippen molar-refractivity contribution in [1.82, 2.24) is 10.6 Å². The van der Waals surface area contributed by atoms with E-state index in [2.05, 4.69) is 23.8 Å². The van der Waals surface area contributed by atoms with Crippen LogP contribution in [0.4, 0.5) is 0 Å². The molecule has 1 fully saturated rings. The molecule has 0 aromatic carbocycles. The number of amides is 1. The molecule has 2 unspecified atom stereocenters. The van der Waals surface area contributed by atoms with Crippen molar-refractivity contribution in [3.05, 3.63) is 0 Å². The number of carbonyl (C=O) groups is 1. The maximum Gasteiger partial charge on any atom is 0.224 e. The van der Waals surface area contributed by atoms with Gasteiger partial charge in [0.05, 0.1) is 5.92 Å². The summed E-state index contributed by atoms with van der Waals surface area (Å²) in [6.45, 7) is 3.93. The van der Waals surface area contributed by atoms with Crippen LogP contribution in [0.25, 0.3) is 0 Å². The summed E-state index contributed by atoms with van der Waals surface area (Å²) in [5.41, 5.74) is 0. The summed E-state index contributed by atoms with van der Waals surface area (Å²) in [5.74, 6) is 1.69. The maximum atomic E-state index is 11.8. The van der Waals surface area contributed by atoms with Gasteiger partial charge in [0.2, 0.25) is 5.91 Å². The van der Waals surface area contributed by atoms with E-state index in [1.165, 1.54) is 25.0 Å². The average molecular weight is 258 g/mol. The third kappa shape index (κ3) is 5.77. The monoisotopic (exact) mass is 258 g/mol. The Bertz CT molecular complexity index is 223. The molecule has 1 amide bonds. The maximum absolute atomic E-state index is 11.8. The Labute approximate surface area is 109 Å². The lowest BCUT2D eigenvalue weighted by Gasteiger charge is -2.14. The summed E-state index contributed by atoms with van der Waals surface area (Å²) in [6.07, 6.45) is 8.09. The number of rotatable bonds is 8. The van der Waals surface area contributed by atoms with Crippen molar-refractivity contribution in [3.63, 3.8) is 0 Å². The highest BCUT2D eigenvalue weighted by molar-refractivity contribution is 7.98. The SMILES string of the molecule is CSCCCCCCNC(=O)C1CCNC1C. The van der Waals surface area contributed by atoms with Crippen LogP contribution in [-0.2, 0) is 4.79 Å². The van der Waals surface area contributed by atoms with E-state index < -0.39 is 0 Å². The van der Waals surface area contributed by atoms with Crippen molar-refractivity contribution in [3.8, 4) is 0 Å². The Morgan fingerprint density at radius 2 is 2.12 bits per heavy atom. The van der Waals surface area contributed by atoms with Crippen LogP contribution in [0.1, 0.15) is 39.0 Å². The molecular formula is C13H26N2OS. The predicted molar refractivity (Wildman–Crippen MR) is 75.4 cm³/mol. The third-order valence-corrected chi connectivity index (χ3v) is 4.13. The highest BCUT2D eigenvalue weighted by Crippen LogP contribution is 2.14. The van der Waals surface area contributed by atoms with E-state index in [4.69, 9.17) is 0 Å². The Balaban J connectivity index is 1.97. The zero-order chi connectivity index (χ0) is 12.5. The lowest BCUT2D eigenvalue weighted by molar-refractivity contribution is -0.125. The quantitative estimate of drug-likeness (QED) is 0.655. The minimum absolute atomic E-state index is 0.187. The Hall–Kier alpha value is -0.220. The highest BCUT2D eigenvalue weighted by atomic mass is 32.2. The summed E-state index contributed by atoms with van der Waals surface area (Å²) < 4.78 is 0. The van der Waals surface area contributed by atoms with Crippen molar-refractivity contribution >= 4 is 17.7 Å². The summed E-state index contributed by atoms with van der Waals surface area (Å²) >= 11 is 1.91. The summed E-state index contributed by atoms with van der Waals surface area (Å²) in [6, 6.07) is 0.344. The number of nitrogens with one attached hydrogen (secondary N) is 2. The van der Waals surface area contributed by atoms with Crippen molar-refractivity contribution in [2.24, 2.45) is 5.92 Å². The van der Waals surface area contributed by atoms with Gasteiger partial charge in [0.15, 0.2) is 0 Å². The van der Waals surface area contributed by atoms with E-state index in [1.54, 1.807) is 0 Å². The van der Waals surface area contributed by atoms with Crippen molar-refractivity contribution < 1.29 is 4.79 Å². The van der Waals surface area contributed by atoms with Crippen LogP contribution in [0.3, 0.4) is 0 Å². The first-order valence-electron chi connectivity index (χ1n) is 6.75. The molecule has 2 atom stereocenters. The second kappa shape index (κ2) is 8.81. The fourth-order valence-electron chi connectivity index (χ4n) is 2.28. The summed E-state index contributed by atoms with van der Waals surface area (Å²) in [7, 11) is 0. The van der Waals surface area contributed by atoms with E-state index in [9.17, 15) is 4.79 Å². The number of hydrogen-bond donors (Lipinski definition) is 2. The van der Waals surface area contributed by atoms with Gasteiger partial charge in [-0.1, -0.05) is 12.8 Å². The molecule has 2 N–H and O–H groups in total. The molecule has 0 bridgehead atoms. The Kier molecular flexibility index (Phi) is 7.69. The largest absolute Gasteiger partial charge is 0.356 e. The minimum Gasteiger partial charge on any atom is -0.356 e. The van der Waals surface area contributed by atoms with Gasteiger partial charge in [0, 0.05) is 12.6 Å². The highest BCUT2D eigenvalue weighted by Gasteiger charge is 2.28. The predicted octanol–water partition coefficient (Wildman–Crippen LogP) is 2.02. The lowest BCUT2D eigenvalue weighted by Crippen LogP contribution is -2.37. The van der Waals surface area contributed by atoms with E-state index >= 15 is 0 Å². The summed E-state index contributed by atoms with van der Waals surface area (Å²) in [5, 5.41) is 6.37. The van der Waals surface area contributed by atoms with Gasteiger partial charge >= 0.3 is 0 Å². The van der Waals surface area contributed by atoms with Crippen LogP contribution < -0.4 is 10.6 Å². The van der Waals surface area contributed by atoms with Crippen LogP contribution in [-0.4, -0.2) is 37.0 Å². The van der Waals surface area contributed by atoms with Gasteiger partial charge in [0.25, 0.3) is 0 Å². The average Bonchev–Trinajstić information content (AvgIpc) is 2.74. The third-order valence-electron chi connectivity index (χ3n) is 3.44. The molecule has 17 heavy (non-hydrogen) atoms. The molecule has 0 aliphatic carbocycles. The van der Waals surface area contributed by atoms with Gasteiger partial charge in [-0.05, 0) is 44.7 Å². The zero-order valence-electron chi connectivity index (χ0n) is 11.1. The zero-order valence-corrected chi connectivity index (χ0v) is 11.9. The molecule has 4 heteroatoms. The normalized spacial score (nSPS) is 23.9. The molecule has 0 saturated carbocycles. The van der Waals surface area contributed by atoms with Crippen LogP contribution in [0.2, 0.25) is 0 Å². The van der Waals surface area contributed by atoms with Gasteiger partial charge in [-0.25, -0.2) is 0 Å². The molecule has 1 aliphatic rings. The first kappa shape index (κ1) is 14.8. The van der Waals surface area contributed by atoms with Gasteiger partial charge in [-0.15, -0.1) is 0 Å². The molecule has 1 aliphatic heterocycles. The molecule has 100 valence electrons. The Morgan fingerprint density at radius 1 is 1.35 bits per heavy atom. The topological polar surface area (TPSA) is 41.1 Å². The molecule has 1 rings (SSSR count). The summed E-state index contributed by atoms with van der Waals surface area (Å²) in [4.78, 5) is 11.8. The Morgan fingerprint density at radius 3 is 2.76 bits per heavy atom. The minimum atomic E-state index is 0.187. The van der Waals surface area contributed by atoms with E-state index in [0.717, 1.165) is 25.9 Å². The molecule has 0 aromatic heterocycles. The molecule has 1 heterocycles. The van der Waals surface area contributed by atoms with E-state index in [-0.39, 0.29) is 11.8 Å². The van der Waals surface area contributed by atoms with Crippen LogP contribution >= 0.6 is 11.8 Å². The van der Waals surface area contributed by atoms with Crippen LogP contribution in [0, 0.1) is 5.92 Å². The van der Waals surface area contributed by atoms with Crippen molar-refractivity contribution in [1.29, 1.82) is 0 Å². The number of unbranched alkanes of at least 4 members (excludes halogenated alkanes) is 3. The van der Waals surface area contributed by atoms with E-state index in [1.807, 2.05) is 11.8 Å². The number of carbonyl (C=O) groups excluding carboxylic acids is 1. The van der Waals surface area contributed by atoms with Crippen molar-refractivity contribution in [2.75, 3.05) is 25.1 Å². The van der Waals surface area contributed by atoms with Gasteiger partial charge < -0.3 is 10.6 Å². The second-order valence-corrected chi connectivity index (χ2v) is 5.82. The van der Waals surface area contributed by atoms with Gasteiger partial charge in [0.1, 0.15) is 0 Å². The fraction of sp³-hybridized carbons (Fsp3) is 0.923. The van der Waals surface area contributed by atoms with Crippen LogP contribution in [0.15, 0.2) is 0 Å². The molecule has 0 spiro atoms. The van der Waals surface area contributed by atoms with Crippen LogP contribution in [0.5, 0.6) is 0 Å². The fourth-order valence-corrected chi connectivity index (χ4v) is 2.78. The molecule has 3 nitrogen and oxygen atoms in total. The number of thioether (sulfide) groups is 1. The standard InChI is InChI=1S/C13H26N2OS/c1-11-12(7-9-14-11)13(16)15-8-5-3-4-6-10-17-2/h11-12,14H,3-10H2,1-2H3,(H,15,16). The van der Waals surface area contributed by atoms with Gasteiger partial charge in [-0.3, -0.25) is 4.79 Å².